The van der Waals surface area contributed by atoms with Crippen LogP contribution in [0, 0.1) is 0 Å². The molecule has 0 radical (unpaired) electrons. The highest BCUT2D eigenvalue weighted by Crippen LogP contribution is 2.20. The first-order valence-corrected chi connectivity index (χ1v) is 3.31. The SMILES string of the molecule is CCCC(C)(Cl)C(=O)O. The number of alkyl halides is 1. The standard InChI is InChI=1S/C6H11ClO2/c1-3-4-6(2,7)5(8)9/h3-4H2,1-2H3,(H,8,9). The molecule has 0 aromatic rings. The number of hydrogen-bond acceptors (Lipinski definition) is 1. The Morgan fingerprint density at radius 3 is 2.33 bits per heavy atom. The van der Waals surface area contributed by atoms with Crippen LogP contribution < -0.4 is 0 Å². The molecule has 9 heavy (non-hydrogen) atoms. The molecule has 1 N–H and O–H groups in total. The summed E-state index contributed by atoms with van der Waals surface area (Å²) in [6.07, 6.45) is 1.32. The van der Waals surface area contributed by atoms with Gasteiger partial charge in [0.2, 0.25) is 0 Å². The summed E-state index contributed by atoms with van der Waals surface area (Å²) in [6.45, 7) is 3.42. The van der Waals surface area contributed by atoms with Crippen molar-refractivity contribution in [3.63, 3.8) is 0 Å². The largest absolute Gasteiger partial charge is 0.480 e. The summed E-state index contributed by atoms with van der Waals surface area (Å²) in [5.41, 5.74) is 0. The molecule has 0 saturated heterocycles. The second kappa shape index (κ2) is 3.06. The first-order chi connectivity index (χ1) is 4.00. The van der Waals surface area contributed by atoms with Gasteiger partial charge in [0, 0.05) is 0 Å². The number of rotatable bonds is 3. The van der Waals surface area contributed by atoms with Crippen LogP contribution in [0.3, 0.4) is 0 Å². The molecule has 0 fully saturated rings. The second-order valence-electron chi connectivity index (χ2n) is 2.25. The van der Waals surface area contributed by atoms with Crippen molar-refractivity contribution in [2.24, 2.45) is 0 Å². The Bertz CT molecular complexity index is 110. The Morgan fingerprint density at radius 2 is 2.22 bits per heavy atom. The predicted octanol–water partition coefficient (Wildman–Crippen LogP) is 1.87. The lowest BCUT2D eigenvalue weighted by Gasteiger charge is -2.13. The number of carbonyl (C=O) groups is 1. The summed E-state index contributed by atoms with van der Waals surface area (Å²) in [5, 5.41) is 8.44. The van der Waals surface area contributed by atoms with E-state index in [1.807, 2.05) is 6.92 Å². The molecule has 54 valence electrons. The van der Waals surface area contributed by atoms with Crippen molar-refractivity contribution >= 4 is 17.6 Å². The monoisotopic (exact) mass is 150 g/mol. The van der Waals surface area contributed by atoms with Crippen LogP contribution in [-0.4, -0.2) is 16.0 Å². The fourth-order valence-electron chi connectivity index (χ4n) is 0.576. The zero-order valence-corrected chi connectivity index (χ0v) is 6.40. The van der Waals surface area contributed by atoms with Gasteiger partial charge in [-0.25, -0.2) is 0 Å². The van der Waals surface area contributed by atoms with Crippen LogP contribution in [0.25, 0.3) is 0 Å². The van der Waals surface area contributed by atoms with Gasteiger partial charge >= 0.3 is 5.97 Å². The minimum Gasteiger partial charge on any atom is -0.480 e. The van der Waals surface area contributed by atoms with E-state index in [0.717, 1.165) is 6.42 Å². The van der Waals surface area contributed by atoms with Crippen LogP contribution in [0.2, 0.25) is 0 Å². The van der Waals surface area contributed by atoms with E-state index in [9.17, 15) is 4.79 Å². The normalized spacial score (nSPS) is 16.8. The lowest BCUT2D eigenvalue weighted by atomic mass is 10.1. The third kappa shape index (κ3) is 2.70. The molecule has 0 heterocycles. The molecule has 0 aliphatic heterocycles. The van der Waals surface area contributed by atoms with Crippen LogP contribution >= 0.6 is 11.6 Å². The fourth-order valence-corrected chi connectivity index (χ4v) is 0.765. The minimum absolute atomic E-state index is 0.518. The molecule has 0 bridgehead atoms. The third-order valence-corrected chi connectivity index (χ3v) is 1.52. The van der Waals surface area contributed by atoms with E-state index >= 15 is 0 Å². The summed E-state index contributed by atoms with van der Waals surface area (Å²) >= 11 is 5.57. The maximum Gasteiger partial charge on any atom is 0.324 e. The van der Waals surface area contributed by atoms with Crippen molar-refractivity contribution in [3.05, 3.63) is 0 Å². The molecule has 0 rings (SSSR count). The van der Waals surface area contributed by atoms with E-state index < -0.39 is 10.8 Å². The zero-order chi connectivity index (χ0) is 7.49. The Labute approximate surface area is 59.8 Å². The van der Waals surface area contributed by atoms with Gasteiger partial charge in [-0.3, -0.25) is 4.79 Å². The highest BCUT2D eigenvalue weighted by Gasteiger charge is 2.28. The molecular formula is C6H11ClO2. The van der Waals surface area contributed by atoms with Crippen molar-refractivity contribution in [3.8, 4) is 0 Å². The van der Waals surface area contributed by atoms with Crippen LogP contribution in [0.4, 0.5) is 0 Å². The van der Waals surface area contributed by atoms with E-state index in [1.54, 1.807) is 0 Å². The number of halogens is 1. The van der Waals surface area contributed by atoms with Gasteiger partial charge in [0.15, 0.2) is 0 Å². The Morgan fingerprint density at radius 1 is 1.78 bits per heavy atom. The van der Waals surface area contributed by atoms with E-state index in [4.69, 9.17) is 16.7 Å². The third-order valence-electron chi connectivity index (χ3n) is 1.17. The predicted molar refractivity (Wildman–Crippen MR) is 36.8 cm³/mol. The summed E-state index contributed by atoms with van der Waals surface area (Å²) in [4.78, 5) is 9.22. The van der Waals surface area contributed by atoms with Crippen LogP contribution in [-0.2, 0) is 4.79 Å². The first kappa shape index (κ1) is 8.76. The second-order valence-corrected chi connectivity index (χ2v) is 3.09. The number of carboxylic acids is 1. The number of carboxylic acid groups (broad SMARTS) is 1. The molecule has 2 nitrogen and oxygen atoms in total. The van der Waals surface area contributed by atoms with Gasteiger partial charge in [0.05, 0.1) is 0 Å². The molecule has 1 unspecified atom stereocenters. The van der Waals surface area contributed by atoms with Gasteiger partial charge in [-0.15, -0.1) is 11.6 Å². The molecule has 0 aliphatic carbocycles. The van der Waals surface area contributed by atoms with E-state index in [0.29, 0.717) is 6.42 Å². The first-order valence-electron chi connectivity index (χ1n) is 2.93. The molecule has 1 atom stereocenters. The molecular weight excluding hydrogens is 140 g/mol. The summed E-state index contributed by atoms with van der Waals surface area (Å²) in [7, 11) is 0. The maximum absolute atomic E-state index is 10.3. The van der Waals surface area contributed by atoms with Gasteiger partial charge < -0.3 is 5.11 Å². The summed E-state index contributed by atoms with van der Waals surface area (Å²) < 4.78 is 0. The van der Waals surface area contributed by atoms with Crippen LogP contribution in [0.15, 0.2) is 0 Å². The molecule has 0 spiro atoms. The maximum atomic E-state index is 10.3. The van der Waals surface area contributed by atoms with Gasteiger partial charge in [0.25, 0.3) is 0 Å². The van der Waals surface area contributed by atoms with Gasteiger partial charge in [-0.2, -0.15) is 0 Å². The molecule has 0 saturated carbocycles. The van der Waals surface area contributed by atoms with E-state index in [-0.39, 0.29) is 0 Å². The Kier molecular flexibility index (Phi) is 2.98. The molecule has 3 heteroatoms. The number of aliphatic carboxylic acids is 1. The highest BCUT2D eigenvalue weighted by atomic mass is 35.5. The van der Waals surface area contributed by atoms with Gasteiger partial charge in [-0.1, -0.05) is 13.3 Å². The van der Waals surface area contributed by atoms with Crippen molar-refractivity contribution < 1.29 is 9.90 Å². The molecule has 0 amide bonds. The van der Waals surface area contributed by atoms with Crippen LogP contribution in [0.5, 0.6) is 0 Å². The van der Waals surface area contributed by atoms with E-state index in [2.05, 4.69) is 0 Å². The zero-order valence-electron chi connectivity index (χ0n) is 5.65. The van der Waals surface area contributed by atoms with Gasteiger partial charge in [0.1, 0.15) is 4.87 Å². The van der Waals surface area contributed by atoms with Crippen molar-refractivity contribution in [2.75, 3.05) is 0 Å². The lowest BCUT2D eigenvalue weighted by molar-refractivity contribution is -0.139. The molecule has 0 aromatic carbocycles. The van der Waals surface area contributed by atoms with Crippen LogP contribution in [0.1, 0.15) is 26.7 Å². The fraction of sp³-hybridized carbons (Fsp3) is 0.833. The quantitative estimate of drug-likeness (QED) is 0.624. The van der Waals surface area contributed by atoms with Crippen molar-refractivity contribution in [2.45, 2.75) is 31.6 Å². The Hall–Kier alpha value is -0.240. The summed E-state index contributed by atoms with van der Waals surface area (Å²) in [5.74, 6) is -0.939. The summed E-state index contributed by atoms with van der Waals surface area (Å²) in [6, 6.07) is 0. The average Bonchev–Trinajstić information content (AvgIpc) is 1.65. The van der Waals surface area contributed by atoms with Crippen molar-refractivity contribution in [1.29, 1.82) is 0 Å². The smallest absolute Gasteiger partial charge is 0.324 e. The Balaban J connectivity index is 3.85. The lowest BCUT2D eigenvalue weighted by Crippen LogP contribution is -2.27. The number of hydrogen-bond donors (Lipinski definition) is 1. The van der Waals surface area contributed by atoms with Gasteiger partial charge in [-0.05, 0) is 13.3 Å². The minimum atomic E-state index is -1.06. The highest BCUT2D eigenvalue weighted by molar-refractivity contribution is 6.33. The van der Waals surface area contributed by atoms with Crippen molar-refractivity contribution in [1.82, 2.24) is 0 Å². The molecule has 0 aliphatic rings. The molecule has 0 aromatic heterocycles. The van der Waals surface area contributed by atoms with E-state index in [1.165, 1.54) is 6.92 Å². The average molecular weight is 151 g/mol. The topological polar surface area (TPSA) is 37.3 Å².